The summed E-state index contributed by atoms with van der Waals surface area (Å²) in [4.78, 5) is 26.2. The lowest BCUT2D eigenvalue weighted by Gasteiger charge is -2.12. The molecule has 0 unspecified atom stereocenters. The van der Waals surface area contributed by atoms with Gasteiger partial charge in [-0.15, -0.1) is 0 Å². The third-order valence-corrected chi connectivity index (χ3v) is 6.09. The Morgan fingerprint density at radius 1 is 1.07 bits per heavy atom. The zero-order chi connectivity index (χ0) is 21.7. The van der Waals surface area contributed by atoms with Crippen molar-refractivity contribution < 1.29 is 19.1 Å². The molecule has 30 heavy (non-hydrogen) atoms. The number of methoxy groups -OCH3 is 1. The summed E-state index contributed by atoms with van der Waals surface area (Å²) in [6, 6.07) is 10.6. The van der Waals surface area contributed by atoms with E-state index in [1.807, 2.05) is 18.2 Å². The van der Waals surface area contributed by atoms with Crippen molar-refractivity contribution in [3.63, 3.8) is 0 Å². The molecule has 0 N–H and O–H groups in total. The van der Waals surface area contributed by atoms with E-state index in [4.69, 9.17) is 44.3 Å². The lowest BCUT2D eigenvalue weighted by atomic mass is 10.2. The van der Waals surface area contributed by atoms with Crippen LogP contribution < -0.4 is 4.74 Å². The third-order valence-electron chi connectivity index (χ3n) is 4.25. The summed E-state index contributed by atoms with van der Waals surface area (Å²) >= 11 is 19.7. The minimum absolute atomic E-state index is 0.207. The summed E-state index contributed by atoms with van der Waals surface area (Å²) in [5, 5.41) is 0.863. The van der Waals surface area contributed by atoms with Gasteiger partial charge in [0.1, 0.15) is 6.61 Å². The summed E-state index contributed by atoms with van der Waals surface area (Å²) in [7, 11) is 1.57. The number of thioether (sulfide) groups is 1. The van der Waals surface area contributed by atoms with E-state index in [0.29, 0.717) is 50.9 Å². The van der Waals surface area contributed by atoms with Crippen molar-refractivity contribution in [2.75, 3.05) is 20.3 Å². The SMILES string of the molecule is COCCCN1C(=O)S/C(=C/c2cc(Cl)c(OCc3ccccc3Cl)c(Cl)c2)C1=O. The Bertz CT molecular complexity index is 973. The van der Waals surface area contributed by atoms with Gasteiger partial charge in [0.25, 0.3) is 11.1 Å². The molecule has 1 saturated heterocycles. The highest BCUT2D eigenvalue weighted by Gasteiger charge is 2.34. The number of benzene rings is 2. The second-order valence-corrected chi connectivity index (χ2v) is 8.59. The molecule has 5 nitrogen and oxygen atoms in total. The lowest BCUT2D eigenvalue weighted by Crippen LogP contribution is -2.29. The average molecular weight is 487 g/mol. The van der Waals surface area contributed by atoms with Crippen LogP contribution in [-0.2, 0) is 16.1 Å². The summed E-state index contributed by atoms with van der Waals surface area (Å²) in [6.45, 7) is 0.993. The minimum atomic E-state index is -0.340. The van der Waals surface area contributed by atoms with Gasteiger partial charge in [-0.25, -0.2) is 0 Å². The fourth-order valence-corrected chi connectivity index (χ4v) is 4.45. The molecule has 158 valence electrons. The number of ether oxygens (including phenoxy) is 2. The van der Waals surface area contributed by atoms with Crippen LogP contribution >= 0.6 is 46.6 Å². The van der Waals surface area contributed by atoms with Crippen LogP contribution in [0.2, 0.25) is 15.1 Å². The summed E-state index contributed by atoms with van der Waals surface area (Å²) < 4.78 is 10.7. The van der Waals surface area contributed by atoms with Crippen molar-refractivity contribution in [2.45, 2.75) is 13.0 Å². The fourth-order valence-electron chi connectivity index (χ4n) is 2.78. The van der Waals surface area contributed by atoms with E-state index in [1.54, 1.807) is 31.4 Å². The van der Waals surface area contributed by atoms with Crippen molar-refractivity contribution in [2.24, 2.45) is 0 Å². The van der Waals surface area contributed by atoms with Gasteiger partial charge in [-0.1, -0.05) is 53.0 Å². The standard InChI is InChI=1S/C21H18Cl3NO4S/c1-28-8-4-7-25-20(26)18(30-21(25)27)11-13-9-16(23)19(17(24)10-13)29-12-14-5-2-3-6-15(14)22/h2-3,5-6,9-11H,4,7-8,12H2,1H3/b18-11+. The number of halogens is 3. The molecule has 3 rings (SSSR count). The predicted molar refractivity (Wildman–Crippen MR) is 121 cm³/mol. The molecule has 1 aliphatic heterocycles. The molecule has 0 radical (unpaired) electrons. The number of amides is 2. The molecule has 0 saturated carbocycles. The van der Waals surface area contributed by atoms with Crippen molar-refractivity contribution >= 4 is 63.8 Å². The van der Waals surface area contributed by atoms with Crippen LogP contribution in [0.5, 0.6) is 5.75 Å². The van der Waals surface area contributed by atoms with E-state index >= 15 is 0 Å². The van der Waals surface area contributed by atoms with Gasteiger partial charge in [0.05, 0.1) is 15.0 Å². The Hall–Kier alpha value is -1.70. The monoisotopic (exact) mass is 485 g/mol. The van der Waals surface area contributed by atoms with Gasteiger partial charge in [-0.05, 0) is 48.0 Å². The van der Waals surface area contributed by atoms with Gasteiger partial charge in [0, 0.05) is 30.8 Å². The first kappa shape index (κ1) is 23.0. The topological polar surface area (TPSA) is 55.8 Å². The van der Waals surface area contributed by atoms with Crippen molar-refractivity contribution in [1.29, 1.82) is 0 Å². The maximum absolute atomic E-state index is 12.5. The lowest BCUT2D eigenvalue weighted by molar-refractivity contribution is -0.122. The second-order valence-electron chi connectivity index (χ2n) is 6.37. The van der Waals surface area contributed by atoms with Gasteiger partial charge >= 0.3 is 0 Å². The van der Waals surface area contributed by atoms with E-state index in [2.05, 4.69) is 0 Å². The molecule has 9 heteroatoms. The molecule has 1 heterocycles. The van der Waals surface area contributed by atoms with Crippen LogP contribution in [0.4, 0.5) is 4.79 Å². The highest BCUT2D eigenvalue weighted by molar-refractivity contribution is 8.18. The fraction of sp³-hybridized carbons (Fsp3) is 0.238. The zero-order valence-electron chi connectivity index (χ0n) is 16.0. The highest BCUT2D eigenvalue weighted by Crippen LogP contribution is 2.38. The van der Waals surface area contributed by atoms with E-state index < -0.39 is 0 Å². The Kier molecular flexibility index (Phi) is 8.08. The number of imide groups is 1. The van der Waals surface area contributed by atoms with Crippen LogP contribution in [0.15, 0.2) is 41.3 Å². The Morgan fingerprint density at radius 2 is 1.77 bits per heavy atom. The van der Waals surface area contributed by atoms with Crippen molar-refractivity contribution in [3.8, 4) is 5.75 Å². The number of hydrogen-bond acceptors (Lipinski definition) is 5. The van der Waals surface area contributed by atoms with E-state index in [1.165, 1.54) is 4.90 Å². The maximum atomic E-state index is 12.5. The number of nitrogens with zero attached hydrogens (tertiary/aromatic N) is 1. The molecule has 0 spiro atoms. The smallest absolute Gasteiger partial charge is 0.293 e. The molecular formula is C21H18Cl3NO4S. The minimum Gasteiger partial charge on any atom is -0.486 e. The summed E-state index contributed by atoms with van der Waals surface area (Å²) in [5.41, 5.74) is 1.40. The first-order chi connectivity index (χ1) is 14.4. The number of rotatable bonds is 8. The van der Waals surface area contributed by atoms with E-state index in [-0.39, 0.29) is 17.8 Å². The molecule has 2 aromatic rings. The molecule has 0 atom stereocenters. The molecule has 0 aliphatic carbocycles. The largest absolute Gasteiger partial charge is 0.486 e. The number of carbonyl (C=O) groups is 2. The number of carbonyl (C=O) groups excluding carboxylic acids is 2. The summed E-state index contributed by atoms with van der Waals surface area (Å²) in [5.74, 6) is -0.0181. The van der Waals surface area contributed by atoms with Crippen LogP contribution in [0.3, 0.4) is 0 Å². The Morgan fingerprint density at radius 3 is 2.43 bits per heavy atom. The summed E-state index contributed by atoms with van der Waals surface area (Å²) in [6.07, 6.45) is 2.17. The first-order valence-electron chi connectivity index (χ1n) is 9.00. The third kappa shape index (κ3) is 5.50. The average Bonchev–Trinajstić information content (AvgIpc) is 2.96. The second kappa shape index (κ2) is 10.6. The molecule has 1 fully saturated rings. The van der Waals surface area contributed by atoms with Crippen LogP contribution in [0.1, 0.15) is 17.5 Å². The predicted octanol–water partition coefficient (Wildman–Crippen LogP) is 6.30. The maximum Gasteiger partial charge on any atom is 0.293 e. The van der Waals surface area contributed by atoms with E-state index in [0.717, 1.165) is 17.3 Å². The quantitative estimate of drug-likeness (QED) is 0.324. The molecular weight excluding hydrogens is 469 g/mol. The van der Waals surface area contributed by atoms with Gasteiger partial charge in [0.15, 0.2) is 5.75 Å². The highest BCUT2D eigenvalue weighted by atomic mass is 35.5. The van der Waals surface area contributed by atoms with Gasteiger partial charge in [-0.2, -0.15) is 0 Å². The number of hydrogen-bond donors (Lipinski definition) is 0. The van der Waals surface area contributed by atoms with E-state index in [9.17, 15) is 9.59 Å². The molecule has 2 amide bonds. The van der Waals surface area contributed by atoms with Crippen LogP contribution in [0.25, 0.3) is 6.08 Å². The van der Waals surface area contributed by atoms with Crippen molar-refractivity contribution in [1.82, 2.24) is 4.90 Å². The molecule has 1 aliphatic rings. The van der Waals surface area contributed by atoms with Gasteiger partial charge in [0.2, 0.25) is 0 Å². The first-order valence-corrected chi connectivity index (χ1v) is 10.9. The molecule has 0 bridgehead atoms. The van der Waals surface area contributed by atoms with Crippen molar-refractivity contribution in [3.05, 3.63) is 67.5 Å². The van der Waals surface area contributed by atoms with Gasteiger partial charge < -0.3 is 9.47 Å². The Balaban J connectivity index is 1.74. The molecule has 2 aromatic carbocycles. The zero-order valence-corrected chi connectivity index (χ0v) is 19.1. The van der Waals surface area contributed by atoms with Gasteiger partial charge in [-0.3, -0.25) is 14.5 Å². The normalized spacial score (nSPS) is 15.3. The van der Waals surface area contributed by atoms with Crippen LogP contribution in [0, 0.1) is 0 Å². The Labute approximate surface area is 193 Å². The van der Waals surface area contributed by atoms with Crippen LogP contribution in [-0.4, -0.2) is 36.3 Å². The molecule has 0 aromatic heterocycles.